The Kier molecular flexibility index (Phi) is 3.82. The molecule has 0 aliphatic rings. The summed E-state index contributed by atoms with van der Waals surface area (Å²) in [6.07, 6.45) is 0. The minimum Gasteiger partial charge on any atom is -0.480 e. The van der Waals surface area contributed by atoms with Crippen molar-refractivity contribution in [1.29, 1.82) is 0 Å². The molecule has 1 aromatic carbocycles. The van der Waals surface area contributed by atoms with Crippen molar-refractivity contribution in [2.24, 2.45) is 0 Å². The molecular formula is C10H10O5. The topological polar surface area (TPSA) is 83.8 Å². The zero-order valence-corrected chi connectivity index (χ0v) is 7.84. The summed E-state index contributed by atoms with van der Waals surface area (Å²) in [4.78, 5) is 20.7. The summed E-state index contributed by atoms with van der Waals surface area (Å²) in [7, 11) is 0. The highest BCUT2D eigenvalue weighted by atomic mass is 16.5. The molecule has 1 aromatic rings. The highest BCUT2D eigenvalue weighted by molar-refractivity contribution is 5.87. The van der Waals surface area contributed by atoms with E-state index < -0.39 is 18.5 Å². The van der Waals surface area contributed by atoms with E-state index in [0.29, 0.717) is 5.56 Å². The van der Waals surface area contributed by atoms with Crippen molar-refractivity contribution in [3.05, 3.63) is 35.4 Å². The molecule has 5 heteroatoms. The molecule has 0 saturated carbocycles. The van der Waals surface area contributed by atoms with E-state index in [1.54, 1.807) is 12.1 Å². The third-order valence-electron chi connectivity index (χ3n) is 1.67. The Hall–Kier alpha value is -1.88. The SMILES string of the molecule is O=C(O)COCc1cccc(C(=O)O)c1. The molecular weight excluding hydrogens is 200 g/mol. The van der Waals surface area contributed by atoms with Gasteiger partial charge in [0.05, 0.1) is 12.2 Å². The Bertz CT molecular complexity index is 372. The second kappa shape index (κ2) is 5.11. The zero-order chi connectivity index (χ0) is 11.3. The number of carbonyl (C=O) groups is 2. The summed E-state index contributed by atoms with van der Waals surface area (Å²) in [6.45, 7) is -0.301. The van der Waals surface area contributed by atoms with Crippen molar-refractivity contribution in [3.8, 4) is 0 Å². The molecule has 0 radical (unpaired) electrons. The minimum absolute atomic E-state index is 0.0907. The van der Waals surface area contributed by atoms with Gasteiger partial charge in [0.15, 0.2) is 0 Å². The van der Waals surface area contributed by atoms with Crippen LogP contribution < -0.4 is 0 Å². The number of carboxylic acid groups (broad SMARTS) is 2. The summed E-state index contributed by atoms with van der Waals surface area (Å²) in [5.74, 6) is -2.07. The lowest BCUT2D eigenvalue weighted by Gasteiger charge is -2.02. The lowest BCUT2D eigenvalue weighted by molar-refractivity contribution is -0.142. The summed E-state index contributed by atoms with van der Waals surface area (Å²) < 4.78 is 4.82. The van der Waals surface area contributed by atoms with Gasteiger partial charge in [-0.1, -0.05) is 12.1 Å². The van der Waals surface area contributed by atoms with E-state index in [4.69, 9.17) is 14.9 Å². The van der Waals surface area contributed by atoms with Gasteiger partial charge in [-0.15, -0.1) is 0 Å². The average molecular weight is 210 g/mol. The Morgan fingerprint density at radius 2 is 2.00 bits per heavy atom. The van der Waals surface area contributed by atoms with Gasteiger partial charge in [-0.25, -0.2) is 9.59 Å². The summed E-state index contributed by atoms with van der Waals surface area (Å²) in [5.41, 5.74) is 0.794. The van der Waals surface area contributed by atoms with Crippen molar-refractivity contribution >= 4 is 11.9 Å². The van der Waals surface area contributed by atoms with Gasteiger partial charge in [0, 0.05) is 0 Å². The molecule has 0 amide bonds. The predicted molar refractivity (Wildman–Crippen MR) is 50.7 cm³/mol. The third kappa shape index (κ3) is 3.78. The molecule has 0 atom stereocenters. The third-order valence-corrected chi connectivity index (χ3v) is 1.67. The van der Waals surface area contributed by atoms with Gasteiger partial charge in [-0.05, 0) is 17.7 Å². The Morgan fingerprint density at radius 1 is 1.27 bits per heavy atom. The number of hydrogen-bond donors (Lipinski definition) is 2. The van der Waals surface area contributed by atoms with Crippen LogP contribution in [0.3, 0.4) is 0 Å². The largest absolute Gasteiger partial charge is 0.480 e. The van der Waals surface area contributed by atoms with Gasteiger partial charge < -0.3 is 14.9 Å². The fourth-order valence-electron chi connectivity index (χ4n) is 1.05. The molecule has 0 saturated heterocycles. The standard InChI is InChI=1S/C10H10O5/c11-9(12)6-15-5-7-2-1-3-8(4-7)10(13)14/h1-4H,5-6H2,(H,11,12)(H,13,14). The van der Waals surface area contributed by atoms with Crippen LogP contribution in [0.4, 0.5) is 0 Å². The molecule has 0 fully saturated rings. The first-order valence-corrected chi connectivity index (χ1v) is 4.21. The molecule has 0 unspecified atom stereocenters. The highest BCUT2D eigenvalue weighted by Gasteiger charge is 2.03. The van der Waals surface area contributed by atoms with Gasteiger partial charge >= 0.3 is 11.9 Å². The molecule has 0 heterocycles. The van der Waals surface area contributed by atoms with Crippen LogP contribution in [0.1, 0.15) is 15.9 Å². The van der Waals surface area contributed by atoms with Crippen LogP contribution in [-0.4, -0.2) is 28.8 Å². The van der Waals surface area contributed by atoms with Crippen LogP contribution >= 0.6 is 0 Å². The van der Waals surface area contributed by atoms with E-state index in [0.717, 1.165) is 0 Å². The van der Waals surface area contributed by atoms with Crippen molar-refractivity contribution in [2.75, 3.05) is 6.61 Å². The van der Waals surface area contributed by atoms with Crippen molar-refractivity contribution in [2.45, 2.75) is 6.61 Å². The monoisotopic (exact) mass is 210 g/mol. The molecule has 5 nitrogen and oxygen atoms in total. The number of hydrogen-bond acceptors (Lipinski definition) is 3. The molecule has 80 valence electrons. The second-order valence-electron chi connectivity index (χ2n) is 2.89. The number of aliphatic carboxylic acids is 1. The molecule has 0 spiro atoms. The number of carboxylic acids is 2. The van der Waals surface area contributed by atoms with Crippen LogP contribution in [0.15, 0.2) is 24.3 Å². The lowest BCUT2D eigenvalue weighted by atomic mass is 10.1. The molecule has 15 heavy (non-hydrogen) atoms. The Labute approximate surface area is 85.9 Å². The highest BCUT2D eigenvalue weighted by Crippen LogP contribution is 2.06. The summed E-state index contributed by atoms with van der Waals surface area (Å²) >= 11 is 0. The maximum Gasteiger partial charge on any atom is 0.335 e. The van der Waals surface area contributed by atoms with E-state index >= 15 is 0 Å². The molecule has 0 aromatic heterocycles. The van der Waals surface area contributed by atoms with Crippen molar-refractivity contribution < 1.29 is 24.5 Å². The summed E-state index contributed by atoms with van der Waals surface area (Å²) in [6, 6.07) is 6.17. The quantitative estimate of drug-likeness (QED) is 0.756. The zero-order valence-electron chi connectivity index (χ0n) is 7.84. The maximum atomic E-state index is 10.6. The van der Waals surface area contributed by atoms with Crippen LogP contribution in [-0.2, 0) is 16.1 Å². The Balaban J connectivity index is 2.58. The van der Waals surface area contributed by atoms with E-state index in [-0.39, 0.29) is 12.2 Å². The van der Waals surface area contributed by atoms with Crippen LogP contribution in [0.2, 0.25) is 0 Å². The number of rotatable bonds is 5. The maximum absolute atomic E-state index is 10.6. The van der Waals surface area contributed by atoms with Gasteiger partial charge in [-0.3, -0.25) is 0 Å². The van der Waals surface area contributed by atoms with Gasteiger partial charge in [0.25, 0.3) is 0 Å². The predicted octanol–water partition coefficient (Wildman–Crippen LogP) is 0.986. The molecule has 1 rings (SSSR count). The van der Waals surface area contributed by atoms with Crippen molar-refractivity contribution in [3.63, 3.8) is 0 Å². The van der Waals surface area contributed by atoms with Gasteiger partial charge in [0.2, 0.25) is 0 Å². The number of aromatic carboxylic acids is 1. The first-order chi connectivity index (χ1) is 7.09. The fourth-order valence-corrected chi connectivity index (χ4v) is 1.05. The normalized spacial score (nSPS) is 9.87. The lowest BCUT2D eigenvalue weighted by Crippen LogP contribution is -2.07. The smallest absolute Gasteiger partial charge is 0.335 e. The molecule has 0 aliphatic carbocycles. The van der Waals surface area contributed by atoms with Crippen LogP contribution in [0, 0.1) is 0 Å². The van der Waals surface area contributed by atoms with Crippen LogP contribution in [0.25, 0.3) is 0 Å². The van der Waals surface area contributed by atoms with Crippen LogP contribution in [0.5, 0.6) is 0 Å². The molecule has 2 N–H and O–H groups in total. The second-order valence-corrected chi connectivity index (χ2v) is 2.89. The minimum atomic E-state index is -1.05. The molecule has 0 aliphatic heterocycles. The van der Waals surface area contributed by atoms with Gasteiger partial charge in [-0.2, -0.15) is 0 Å². The van der Waals surface area contributed by atoms with Crippen molar-refractivity contribution in [1.82, 2.24) is 0 Å². The first kappa shape index (κ1) is 11.2. The van der Waals surface area contributed by atoms with E-state index in [2.05, 4.69) is 0 Å². The molecule has 0 bridgehead atoms. The van der Waals surface area contributed by atoms with E-state index in [1.807, 2.05) is 0 Å². The fraction of sp³-hybridized carbons (Fsp3) is 0.200. The number of benzene rings is 1. The van der Waals surface area contributed by atoms with Gasteiger partial charge in [0.1, 0.15) is 6.61 Å². The first-order valence-electron chi connectivity index (χ1n) is 4.21. The average Bonchev–Trinajstić information content (AvgIpc) is 2.17. The Morgan fingerprint density at radius 3 is 2.60 bits per heavy atom. The summed E-state index contributed by atoms with van der Waals surface area (Å²) in [5, 5.41) is 17.0. The van der Waals surface area contributed by atoms with E-state index in [9.17, 15) is 9.59 Å². The van der Waals surface area contributed by atoms with E-state index in [1.165, 1.54) is 12.1 Å². The number of ether oxygens (including phenoxy) is 1.